The lowest BCUT2D eigenvalue weighted by Crippen LogP contribution is -2.37. The van der Waals surface area contributed by atoms with E-state index in [1.165, 1.54) is 12.8 Å². The van der Waals surface area contributed by atoms with E-state index in [4.69, 9.17) is 4.74 Å². The monoisotopic (exact) mass is 227 g/mol. The molecule has 0 spiro atoms. The van der Waals surface area contributed by atoms with Crippen molar-refractivity contribution in [3.8, 4) is 0 Å². The Morgan fingerprint density at radius 3 is 2.56 bits per heavy atom. The molecule has 0 bridgehead atoms. The fourth-order valence-electron chi connectivity index (χ4n) is 2.08. The van der Waals surface area contributed by atoms with Gasteiger partial charge in [-0.15, -0.1) is 0 Å². The third kappa shape index (κ3) is 4.42. The van der Waals surface area contributed by atoms with Gasteiger partial charge in [0.05, 0.1) is 0 Å². The highest BCUT2D eigenvalue weighted by atomic mass is 16.6. The molecule has 0 aromatic carbocycles. The number of hydrogen-bond donors (Lipinski definition) is 0. The molecule has 1 unspecified atom stereocenters. The summed E-state index contributed by atoms with van der Waals surface area (Å²) in [6, 6.07) is 0. The lowest BCUT2D eigenvalue weighted by molar-refractivity contribution is 0.0255. The van der Waals surface area contributed by atoms with Gasteiger partial charge < -0.3 is 9.64 Å². The lowest BCUT2D eigenvalue weighted by atomic mass is 9.98. The van der Waals surface area contributed by atoms with E-state index in [1.807, 2.05) is 25.7 Å². The molecule has 1 saturated heterocycles. The molecule has 0 N–H and O–H groups in total. The molecule has 1 heterocycles. The summed E-state index contributed by atoms with van der Waals surface area (Å²) in [5, 5.41) is 0. The summed E-state index contributed by atoms with van der Waals surface area (Å²) in [7, 11) is 0. The average molecular weight is 227 g/mol. The normalized spacial score (nSPS) is 22.8. The Balaban J connectivity index is 2.45. The molecule has 94 valence electrons. The van der Waals surface area contributed by atoms with Crippen LogP contribution in [0.25, 0.3) is 0 Å². The molecule has 1 aliphatic rings. The SMILES string of the molecule is CCC1CCCN(C(=O)OC(C)(C)C)CC1. The second-order valence-corrected chi connectivity index (χ2v) is 5.67. The molecule has 0 aliphatic carbocycles. The van der Waals surface area contributed by atoms with Gasteiger partial charge in [-0.2, -0.15) is 0 Å². The molecular formula is C13H25NO2. The highest BCUT2D eigenvalue weighted by Crippen LogP contribution is 2.21. The van der Waals surface area contributed by atoms with Crippen molar-refractivity contribution in [2.45, 2.75) is 59.0 Å². The van der Waals surface area contributed by atoms with Crippen LogP contribution in [-0.2, 0) is 4.74 Å². The number of carbonyl (C=O) groups is 1. The maximum absolute atomic E-state index is 11.9. The van der Waals surface area contributed by atoms with E-state index in [0.717, 1.165) is 31.8 Å². The van der Waals surface area contributed by atoms with Crippen molar-refractivity contribution in [3.63, 3.8) is 0 Å². The molecule has 1 aliphatic heterocycles. The zero-order valence-corrected chi connectivity index (χ0v) is 11.1. The van der Waals surface area contributed by atoms with Gasteiger partial charge in [0, 0.05) is 13.1 Å². The van der Waals surface area contributed by atoms with Gasteiger partial charge >= 0.3 is 6.09 Å². The van der Waals surface area contributed by atoms with Crippen molar-refractivity contribution in [1.29, 1.82) is 0 Å². The topological polar surface area (TPSA) is 29.5 Å². The smallest absolute Gasteiger partial charge is 0.410 e. The fraction of sp³-hybridized carbons (Fsp3) is 0.923. The van der Waals surface area contributed by atoms with Gasteiger partial charge in [-0.1, -0.05) is 13.3 Å². The maximum atomic E-state index is 11.9. The number of hydrogen-bond acceptors (Lipinski definition) is 2. The summed E-state index contributed by atoms with van der Waals surface area (Å²) >= 11 is 0. The van der Waals surface area contributed by atoms with Crippen molar-refractivity contribution >= 4 is 6.09 Å². The second-order valence-electron chi connectivity index (χ2n) is 5.67. The van der Waals surface area contributed by atoms with Crippen LogP contribution in [0.5, 0.6) is 0 Å². The van der Waals surface area contributed by atoms with Gasteiger partial charge in [0.25, 0.3) is 0 Å². The molecule has 3 heteroatoms. The fourth-order valence-corrected chi connectivity index (χ4v) is 2.08. The first-order valence-electron chi connectivity index (χ1n) is 6.40. The van der Waals surface area contributed by atoms with E-state index < -0.39 is 0 Å². The predicted molar refractivity (Wildman–Crippen MR) is 65.4 cm³/mol. The highest BCUT2D eigenvalue weighted by molar-refractivity contribution is 5.68. The molecule has 1 fully saturated rings. The van der Waals surface area contributed by atoms with Gasteiger partial charge in [-0.25, -0.2) is 4.79 Å². The highest BCUT2D eigenvalue weighted by Gasteiger charge is 2.24. The number of nitrogens with zero attached hydrogens (tertiary/aromatic N) is 1. The van der Waals surface area contributed by atoms with Crippen LogP contribution in [-0.4, -0.2) is 29.7 Å². The zero-order valence-electron chi connectivity index (χ0n) is 11.1. The Labute approximate surface area is 99.1 Å². The van der Waals surface area contributed by atoms with Crippen molar-refractivity contribution in [1.82, 2.24) is 4.90 Å². The van der Waals surface area contributed by atoms with Crippen molar-refractivity contribution in [3.05, 3.63) is 0 Å². The minimum absolute atomic E-state index is 0.149. The van der Waals surface area contributed by atoms with Crippen LogP contribution >= 0.6 is 0 Å². The summed E-state index contributed by atoms with van der Waals surface area (Å²) in [6.07, 6.45) is 4.55. The molecule has 0 aromatic heterocycles. The summed E-state index contributed by atoms with van der Waals surface area (Å²) in [5.74, 6) is 0.785. The van der Waals surface area contributed by atoms with Crippen LogP contribution in [0.3, 0.4) is 0 Å². The number of likely N-dealkylation sites (tertiary alicyclic amines) is 1. The van der Waals surface area contributed by atoms with Crippen LogP contribution < -0.4 is 0 Å². The minimum atomic E-state index is -0.381. The van der Waals surface area contributed by atoms with E-state index in [-0.39, 0.29) is 11.7 Å². The molecule has 1 rings (SSSR count). The predicted octanol–water partition coefficient (Wildman–Crippen LogP) is 3.43. The van der Waals surface area contributed by atoms with Gasteiger partial charge in [-0.05, 0) is 46.0 Å². The number of rotatable bonds is 1. The first-order valence-corrected chi connectivity index (χ1v) is 6.40. The van der Waals surface area contributed by atoms with Gasteiger partial charge in [0.15, 0.2) is 0 Å². The summed E-state index contributed by atoms with van der Waals surface area (Å²) in [4.78, 5) is 13.7. The molecule has 16 heavy (non-hydrogen) atoms. The molecule has 3 nitrogen and oxygen atoms in total. The van der Waals surface area contributed by atoms with E-state index in [0.29, 0.717) is 0 Å². The summed E-state index contributed by atoms with van der Waals surface area (Å²) < 4.78 is 5.39. The zero-order chi connectivity index (χ0) is 12.2. The van der Waals surface area contributed by atoms with Crippen molar-refractivity contribution in [2.75, 3.05) is 13.1 Å². The van der Waals surface area contributed by atoms with Crippen LogP contribution in [0.2, 0.25) is 0 Å². The summed E-state index contributed by atoms with van der Waals surface area (Å²) in [6.45, 7) is 9.68. The van der Waals surface area contributed by atoms with Crippen LogP contribution in [0, 0.1) is 5.92 Å². The third-order valence-corrected chi connectivity index (χ3v) is 3.08. The van der Waals surface area contributed by atoms with Gasteiger partial charge in [0.1, 0.15) is 5.60 Å². The number of amides is 1. The molecule has 0 aromatic rings. The van der Waals surface area contributed by atoms with E-state index >= 15 is 0 Å². The van der Waals surface area contributed by atoms with Crippen LogP contribution in [0.1, 0.15) is 53.4 Å². The average Bonchev–Trinajstić information content (AvgIpc) is 2.39. The molecular weight excluding hydrogens is 202 g/mol. The standard InChI is InChI=1S/C13H25NO2/c1-5-11-7-6-9-14(10-8-11)12(15)16-13(2,3)4/h11H,5-10H2,1-4H3. The van der Waals surface area contributed by atoms with E-state index in [1.54, 1.807) is 0 Å². The lowest BCUT2D eigenvalue weighted by Gasteiger charge is -2.26. The first kappa shape index (κ1) is 13.3. The largest absolute Gasteiger partial charge is 0.444 e. The first-order chi connectivity index (χ1) is 7.42. The number of ether oxygens (including phenoxy) is 1. The maximum Gasteiger partial charge on any atom is 0.410 e. The van der Waals surface area contributed by atoms with Crippen LogP contribution in [0.15, 0.2) is 0 Å². The van der Waals surface area contributed by atoms with Gasteiger partial charge in [-0.3, -0.25) is 0 Å². The molecule has 0 saturated carbocycles. The van der Waals surface area contributed by atoms with Crippen LogP contribution in [0.4, 0.5) is 4.79 Å². The third-order valence-electron chi connectivity index (χ3n) is 3.08. The Kier molecular flexibility index (Phi) is 4.63. The second kappa shape index (κ2) is 5.55. The minimum Gasteiger partial charge on any atom is -0.444 e. The Morgan fingerprint density at radius 2 is 2.00 bits per heavy atom. The number of carbonyl (C=O) groups excluding carboxylic acids is 1. The Bertz CT molecular complexity index is 233. The Morgan fingerprint density at radius 1 is 1.31 bits per heavy atom. The van der Waals surface area contributed by atoms with Crippen molar-refractivity contribution < 1.29 is 9.53 Å². The van der Waals surface area contributed by atoms with E-state index in [2.05, 4.69) is 6.92 Å². The summed E-state index contributed by atoms with van der Waals surface area (Å²) in [5.41, 5.74) is -0.381. The quantitative estimate of drug-likeness (QED) is 0.687. The van der Waals surface area contributed by atoms with Crippen molar-refractivity contribution in [2.24, 2.45) is 5.92 Å². The van der Waals surface area contributed by atoms with Gasteiger partial charge in [0.2, 0.25) is 0 Å². The Hall–Kier alpha value is -0.730. The van der Waals surface area contributed by atoms with E-state index in [9.17, 15) is 4.79 Å². The molecule has 0 radical (unpaired) electrons. The molecule has 1 amide bonds. The molecule has 1 atom stereocenters.